The largest absolute Gasteiger partial charge is 0.457 e. The number of rotatable bonds is 4. The molecule has 0 saturated carbocycles. The maximum Gasteiger partial charge on any atom is 0.248 e. The predicted octanol–water partition coefficient (Wildman–Crippen LogP) is 4.83. The Morgan fingerprint density at radius 3 is 2.52 bits per heavy atom. The van der Waals surface area contributed by atoms with E-state index in [1.807, 2.05) is 48.5 Å². The minimum atomic E-state index is -0.142. The maximum atomic E-state index is 6.01. The number of hydrogen-bond acceptors (Lipinski definition) is 5. The van der Waals surface area contributed by atoms with Gasteiger partial charge in [-0.3, -0.25) is 0 Å². The molecule has 1 N–H and O–H groups in total. The minimum Gasteiger partial charge on any atom is -0.457 e. The number of allylic oxidation sites excluding steroid dienone is 1. The van der Waals surface area contributed by atoms with Crippen LogP contribution in [0.5, 0.6) is 11.5 Å². The lowest BCUT2D eigenvalue weighted by molar-refractivity contribution is 0.480. The summed E-state index contributed by atoms with van der Waals surface area (Å²) in [7, 11) is 0. The Bertz CT molecular complexity index is 1170. The highest BCUT2D eigenvalue weighted by Gasteiger charge is 2.24. The zero-order valence-corrected chi connectivity index (χ0v) is 15.9. The van der Waals surface area contributed by atoms with Gasteiger partial charge in [0.05, 0.1) is 0 Å². The van der Waals surface area contributed by atoms with E-state index in [1.54, 1.807) is 4.68 Å². The fourth-order valence-corrected chi connectivity index (χ4v) is 3.38. The van der Waals surface area contributed by atoms with Crippen LogP contribution < -0.4 is 10.1 Å². The van der Waals surface area contributed by atoms with Crippen molar-refractivity contribution in [2.24, 2.45) is 0 Å². The lowest BCUT2D eigenvalue weighted by Gasteiger charge is -2.24. The topological polar surface area (TPSA) is 64.9 Å². The fraction of sp³-hybridized carbons (Fsp3) is 0.0870. The summed E-state index contributed by atoms with van der Waals surface area (Å²) >= 11 is 0. The van der Waals surface area contributed by atoms with Gasteiger partial charge < -0.3 is 10.1 Å². The number of hydrogen-bond donors (Lipinski definition) is 1. The van der Waals surface area contributed by atoms with Gasteiger partial charge in [0.15, 0.2) is 0 Å². The Balaban J connectivity index is 1.52. The van der Waals surface area contributed by atoms with Crippen LogP contribution in [-0.4, -0.2) is 20.2 Å². The highest BCUT2D eigenvalue weighted by Crippen LogP contribution is 2.33. The van der Waals surface area contributed by atoms with Crippen LogP contribution in [0.1, 0.15) is 22.7 Å². The zero-order valence-electron chi connectivity index (χ0n) is 15.9. The summed E-state index contributed by atoms with van der Waals surface area (Å²) in [6.07, 6.45) is 2.13. The number of aromatic nitrogens is 4. The Labute approximate surface area is 168 Å². The standard InChI is InChI=1S/C23H19N5O/c1-16-10-12-17(13-11-16)21-15-22(28-23(24-21)25-26-27-28)18-6-5-9-20(14-18)29-19-7-3-2-4-8-19/h2-15,22H,1H3,(H,24,25,27). The molecule has 1 aliphatic rings. The smallest absolute Gasteiger partial charge is 0.248 e. The molecule has 3 aromatic carbocycles. The summed E-state index contributed by atoms with van der Waals surface area (Å²) < 4.78 is 7.78. The SMILES string of the molecule is Cc1ccc(C2=CC(c3cccc(Oc4ccccc4)c3)n3nnnc3N2)cc1. The summed E-state index contributed by atoms with van der Waals surface area (Å²) in [5, 5.41) is 15.5. The summed E-state index contributed by atoms with van der Waals surface area (Å²) in [6, 6.07) is 26.0. The molecule has 4 aromatic rings. The molecular formula is C23H19N5O. The number of nitrogens with one attached hydrogen (secondary N) is 1. The molecule has 29 heavy (non-hydrogen) atoms. The van der Waals surface area contributed by atoms with E-state index in [0.717, 1.165) is 28.3 Å². The molecule has 0 fully saturated rings. The van der Waals surface area contributed by atoms with Crippen LogP contribution in [0.15, 0.2) is 84.9 Å². The second-order valence-corrected chi connectivity index (χ2v) is 6.95. The van der Waals surface area contributed by atoms with E-state index in [-0.39, 0.29) is 6.04 Å². The molecule has 142 valence electrons. The number of ether oxygens (including phenoxy) is 1. The molecule has 0 saturated heterocycles. The number of anilines is 1. The quantitative estimate of drug-likeness (QED) is 0.548. The number of fused-ring (bicyclic) bond motifs is 1. The lowest BCUT2D eigenvalue weighted by Crippen LogP contribution is -2.20. The molecule has 0 spiro atoms. The van der Waals surface area contributed by atoms with E-state index in [0.29, 0.717) is 5.95 Å². The van der Waals surface area contributed by atoms with E-state index >= 15 is 0 Å². The van der Waals surface area contributed by atoms with Crippen molar-refractivity contribution in [1.29, 1.82) is 0 Å². The van der Waals surface area contributed by atoms with E-state index in [1.165, 1.54) is 5.56 Å². The molecule has 1 aromatic heterocycles. The summed E-state index contributed by atoms with van der Waals surface area (Å²) in [6.45, 7) is 2.08. The van der Waals surface area contributed by atoms with Crippen molar-refractivity contribution in [1.82, 2.24) is 20.2 Å². The van der Waals surface area contributed by atoms with Crippen molar-refractivity contribution in [3.8, 4) is 11.5 Å². The van der Waals surface area contributed by atoms with Crippen LogP contribution in [0.3, 0.4) is 0 Å². The Kier molecular flexibility index (Phi) is 4.29. The number of nitrogens with zero attached hydrogens (tertiary/aromatic N) is 4. The Hall–Kier alpha value is -3.93. The predicted molar refractivity (Wildman–Crippen MR) is 112 cm³/mol. The molecular weight excluding hydrogens is 362 g/mol. The average molecular weight is 381 g/mol. The maximum absolute atomic E-state index is 6.01. The summed E-state index contributed by atoms with van der Waals surface area (Å²) in [5.41, 5.74) is 4.33. The van der Waals surface area contributed by atoms with Gasteiger partial charge in [-0.15, -0.1) is 0 Å². The number of benzene rings is 3. The number of tetrazole rings is 1. The van der Waals surface area contributed by atoms with E-state index in [2.05, 4.69) is 64.2 Å². The van der Waals surface area contributed by atoms with Crippen molar-refractivity contribution in [3.05, 3.63) is 102 Å². The van der Waals surface area contributed by atoms with Gasteiger partial charge in [-0.1, -0.05) is 65.3 Å². The molecule has 2 heterocycles. The van der Waals surface area contributed by atoms with Crippen LogP contribution in [-0.2, 0) is 0 Å². The van der Waals surface area contributed by atoms with Gasteiger partial charge in [0.25, 0.3) is 0 Å². The first kappa shape index (κ1) is 17.2. The van der Waals surface area contributed by atoms with Crippen LogP contribution in [0.25, 0.3) is 5.70 Å². The third-order valence-electron chi connectivity index (χ3n) is 4.87. The second-order valence-electron chi connectivity index (χ2n) is 6.95. The van der Waals surface area contributed by atoms with E-state index < -0.39 is 0 Å². The summed E-state index contributed by atoms with van der Waals surface area (Å²) in [4.78, 5) is 0. The molecule has 0 aliphatic carbocycles. The highest BCUT2D eigenvalue weighted by atomic mass is 16.5. The molecule has 0 radical (unpaired) electrons. The van der Waals surface area contributed by atoms with Crippen molar-refractivity contribution in [2.75, 3.05) is 5.32 Å². The van der Waals surface area contributed by atoms with E-state index in [9.17, 15) is 0 Å². The van der Waals surface area contributed by atoms with Crippen LogP contribution in [0, 0.1) is 6.92 Å². The zero-order chi connectivity index (χ0) is 19.6. The molecule has 1 aliphatic heterocycles. The van der Waals surface area contributed by atoms with Gasteiger partial charge >= 0.3 is 0 Å². The van der Waals surface area contributed by atoms with Crippen molar-refractivity contribution >= 4 is 11.6 Å². The molecule has 5 rings (SSSR count). The minimum absolute atomic E-state index is 0.142. The molecule has 6 nitrogen and oxygen atoms in total. The Morgan fingerprint density at radius 2 is 1.69 bits per heavy atom. The van der Waals surface area contributed by atoms with Crippen molar-refractivity contribution in [3.63, 3.8) is 0 Å². The van der Waals surface area contributed by atoms with Crippen molar-refractivity contribution in [2.45, 2.75) is 13.0 Å². The van der Waals surface area contributed by atoms with Crippen LogP contribution >= 0.6 is 0 Å². The highest BCUT2D eigenvalue weighted by molar-refractivity contribution is 5.77. The first-order chi connectivity index (χ1) is 14.3. The molecule has 6 heteroatoms. The van der Waals surface area contributed by atoms with Crippen LogP contribution in [0.2, 0.25) is 0 Å². The van der Waals surface area contributed by atoms with Gasteiger partial charge in [0.2, 0.25) is 5.95 Å². The lowest BCUT2D eigenvalue weighted by atomic mass is 10.0. The van der Waals surface area contributed by atoms with E-state index in [4.69, 9.17) is 4.74 Å². The number of para-hydroxylation sites is 1. The third-order valence-corrected chi connectivity index (χ3v) is 4.87. The molecule has 1 unspecified atom stereocenters. The van der Waals surface area contributed by atoms with Crippen LogP contribution in [0.4, 0.5) is 5.95 Å². The molecule has 1 atom stereocenters. The molecule has 0 bridgehead atoms. The van der Waals surface area contributed by atoms with Gasteiger partial charge in [-0.25, -0.2) is 0 Å². The first-order valence-corrected chi connectivity index (χ1v) is 9.43. The van der Waals surface area contributed by atoms with Gasteiger partial charge in [-0.2, -0.15) is 4.68 Å². The summed E-state index contributed by atoms with van der Waals surface area (Å²) in [5.74, 6) is 2.18. The van der Waals surface area contributed by atoms with Crippen molar-refractivity contribution < 1.29 is 4.74 Å². The molecule has 0 amide bonds. The van der Waals surface area contributed by atoms with Gasteiger partial charge in [0.1, 0.15) is 17.5 Å². The number of aryl methyl sites for hydroxylation is 1. The first-order valence-electron chi connectivity index (χ1n) is 9.43. The van der Waals surface area contributed by atoms with Gasteiger partial charge in [0, 0.05) is 5.70 Å². The van der Waals surface area contributed by atoms with Gasteiger partial charge in [-0.05, 0) is 58.8 Å². The fourth-order valence-electron chi connectivity index (χ4n) is 3.38. The second kappa shape index (κ2) is 7.24. The normalized spacial score (nSPS) is 15.2. The monoisotopic (exact) mass is 381 g/mol. The third kappa shape index (κ3) is 3.48. The Morgan fingerprint density at radius 1 is 0.897 bits per heavy atom. The average Bonchev–Trinajstić information content (AvgIpc) is 3.23.